The highest BCUT2D eigenvalue weighted by Crippen LogP contribution is 2.46. The van der Waals surface area contributed by atoms with Gasteiger partial charge >= 0.3 is 5.91 Å². The molecule has 194 valence electrons. The zero-order chi connectivity index (χ0) is 27.0. The van der Waals surface area contributed by atoms with Crippen molar-refractivity contribution in [2.45, 2.75) is 19.9 Å². The number of phenolic OH excluding ortho intramolecular Hbond substituents is 1. The summed E-state index contributed by atoms with van der Waals surface area (Å²) in [4.78, 5) is 32.8. The summed E-state index contributed by atoms with van der Waals surface area (Å²) >= 11 is 7.23. The molecule has 1 aromatic heterocycles. The van der Waals surface area contributed by atoms with Gasteiger partial charge in [-0.25, -0.2) is 4.98 Å². The predicted molar refractivity (Wildman–Crippen MR) is 146 cm³/mol. The molecular formula is C28H23ClN2O6S. The molecule has 1 aliphatic heterocycles. The van der Waals surface area contributed by atoms with E-state index in [9.17, 15) is 19.8 Å². The second-order valence-electron chi connectivity index (χ2n) is 8.40. The SMILES string of the molecule is CCOc1ccc2nc(N3C(=O)C(=O)/C(=C(/O)c4ccc(Cl)cc4)C3c3ccc(O)c(OCC)c3)sc2c1. The molecule has 10 heteroatoms. The number of fused-ring (bicyclic) bond motifs is 1. The summed E-state index contributed by atoms with van der Waals surface area (Å²) in [5.41, 5.74) is 1.30. The molecular weight excluding hydrogens is 528 g/mol. The first-order valence-corrected chi connectivity index (χ1v) is 13.1. The number of carbonyl (C=O) groups is 2. The van der Waals surface area contributed by atoms with E-state index in [1.807, 2.05) is 13.0 Å². The first-order chi connectivity index (χ1) is 18.3. The monoisotopic (exact) mass is 550 g/mol. The second kappa shape index (κ2) is 10.4. The van der Waals surface area contributed by atoms with Crippen LogP contribution < -0.4 is 14.4 Å². The number of halogens is 1. The molecule has 0 bridgehead atoms. The number of phenols is 1. The average Bonchev–Trinajstić information content (AvgIpc) is 3.43. The molecule has 1 amide bonds. The number of ether oxygens (including phenoxy) is 2. The molecule has 0 saturated carbocycles. The zero-order valence-corrected chi connectivity index (χ0v) is 22.0. The van der Waals surface area contributed by atoms with Gasteiger partial charge in [0, 0.05) is 10.6 Å². The zero-order valence-electron chi connectivity index (χ0n) is 20.5. The molecule has 0 radical (unpaired) electrons. The lowest BCUT2D eigenvalue weighted by Gasteiger charge is -2.23. The summed E-state index contributed by atoms with van der Waals surface area (Å²) in [5.74, 6) is -1.28. The van der Waals surface area contributed by atoms with E-state index in [0.717, 1.165) is 4.70 Å². The van der Waals surface area contributed by atoms with E-state index < -0.39 is 17.7 Å². The summed E-state index contributed by atoms with van der Waals surface area (Å²) < 4.78 is 11.9. The van der Waals surface area contributed by atoms with Crippen molar-refractivity contribution in [1.82, 2.24) is 4.98 Å². The van der Waals surface area contributed by atoms with Gasteiger partial charge in [0.2, 0.25) is 0 Å². The van der Waals surface area contributed by atoms with E-state index in [1.165, 1.54) is 22.3 Å². The fourth-order valence-electron chi connectivity index (χ4n) is 4.33. The van der Waals surface area contributed by atoms with E-state index in [2.05, 4.69) is 4.98 Å². The Morgan fingerprint density at radius 2 is 1.76 bits per heavy atom. The topological polar surface area (TPSA) is 109 Å². The Bertz CT molecular complexity index is 1580. The standard InChI is InChI=1S/C28H23ClN2O6S/c1-3-36-18-10-11-19-22(14-18)38-28(30-19)31-24(16-7-12-20(32)21(13-16)37-4-2)23(26(34)27(31)35)25(33)15-5-8-17(29)9-6-15/h5-14,24,32-33H,3-4H2,1-2H3/b25-23+. The summed E-state index contributed by atoms with van der Waals surface area (Å²) in [6.07, 6.45) is 0. The molecule has 3 aromatic carbocycles. The molecule has 1 unspecified atom stereocenters. The number of benzene rings is 3. The number of hydrogen-bond acceptors (Lipinski definition) is 8. The third-order valence-electron chi connectivity index (χ3n) is 6.03. The minimum absolute atomic E-state index is 0.0892. The van der Waals surface area contributed by atoms with E-state index in [1.54, 1.807) is 55.5 Å². The van der Waals surface area contributed by atoms with Crippen molar-refractivity contribution in [3.8, 4) is 17.2 Å². The van der Waals surface area contributed by atoms with Crippen molar-refractivity contribution in [3.63, 3.8) is 0 Å². The average molecular weight is 551 g/mol. The molecule has 4 aromatic rings. The molecule has 5 rings (SSSR count). The number of thiazole rings is 1. The molecule has 1 saturated heterocycles. The number of rotatable bonds is 7. The Morgan fingerprint density at radius 3 is 2.47 bits per heavy atom. The molecule has 1 atom stereocenters. The first-order valence-electron chi connectivity index (χ1n) is 11.9. The summed E-state index contributed by atoms with van der Waals surface area (Å²) in [6.45, 7) is 4.45. The number of carbonyl (C=O) groups excluding carboxylic acids is 2. The molecule has 2 N–H and O–H groups in total. The lowest BCUT2D eigenvalue weighted by Crippen LogP contribution is -2.29. The molecule has 0 aliphatic carbocycles. The Hall–Kier alpha value is -4.08. The lowest BCUT2D eigenvalue weighted by molar-refractivity contribution is -0.132. The van der Waals surface area contributed by atoms with Crippen molar-refractivity contribution in [2.75, 3.05) is 18.1 Å². The minimum atomic E-state index is -1.03. The Balaban J connectivity index is 1.71. The predicted octanol–water partition coefficient (Wildman–Crippen LogP) is 6.08. The van der Waals surface area contributed by atoms with Gasteiger partial charge in [0.25, 0.3) is 5.78 Å². The van der Waals surface area contributed by atoms with Gasteiger partial charge in [-0.1, -0.05) is 29.0 Å². The normalized spacial score (nSPS) is 16.8. The lowest BCUT2D eigenvalue weighted by atomic mass is 9.95. The number of ketones is 1. The molecule has 1 aliphatic rings. The van der Waals surface area contributed by atoms with Crippen LogP contribution in [0.2, 0.25) is 5.02 Å². The number of amides is 1. The smallest absolute Gasteiger partial charge is 0.301 e. The van der Waals surface area contributed by atoms with Gasteiger partial charge in [0.15, 0.2) is 16.6 Å². The molecule has 2 heterocycles. The van der Waals surface area contributed by atoms with Crippen LogP contribution in [-0.4, -0.2) is 40.1 Å². The van der Waals surface area contributed by atoms with Crippen molar-refractivity contribution in [1.29, 1.82) is 0 Å². The van der Waals surface area contributed by atoms with Crippen molar-refractivity contribution in [2.24, 2.45) is 0 Å². The summed E-state index contributed by atoms with van der Waals surface area (Å²) in [6, 6.07) is 15.2. The van der Waals surface area contributed by atoms with E-state index in [-0.39, 0.29) is 28.0 Å². The highest BCUT2D eigenvalue weighted by atomic mass is 35.5. The quantitative estimate of drug-likeness (QED) is 0.163. The number of hydrogen-bond donors (Lipinski definition) is 2. The van der Waals surface area contributed by atoms with Gasteiger partial charge in [-0.3, -0.25) is 14.5 Å². The van der Waals surface area contributed by atoms with Crippen LogP contribution in [0.25, 0.3) is 16.0 Å². The van der Waals surface area contributed by atoms with Crippen molar-refractivity contribution < 1.29 is 29.3 Å². The van der Waals surface area contributed by atoms with Crippen LogP contribution in [0.1, 0.15) is 31.0 Å². The number of aliphatic hydroxyl groups is 1. The van der Waals surface area contributed by atoms with Gasteiger partial charge in [-0.2, -0.15) is 0 Å². The first kappa shape index (κ1) is 25.6. The minimum Gasteiger partial charge on any atom is -0.507 e. The maximum Gasteiger partial charge on any atom is 0.301 e. The Morgan fingerprint density at radius 1 is 1.03 bits per heavy atom. The van der Waals surface area contributed by atoms with Crippen LogP contribution in [0.4, 0.5) is 5.13 Å². The Labute approximate surface area is 227 Å². The molecule has 1 fully saturated rings. The number of aliphatic hydroxyl groups excluding tert-OH is 1. The highest BCUT2D eigenvalue weighted by Gasteiger charge is 2.48. The second-order valence-corrected chi connectivity index (χ2v) is 9.84. The van der Waals surface area contributed by atoms with Crippen LogP contribution in [0.15, 0.2) is 66.2 Å². The van der Waals surface area contributed by atoms with Gasteiger partial charge in [-0.05, 0) is 74.0 Å². The van der Waals surface area contributed by atoms with Crippen molar-refractivity contribution in [3.05, 3.63) is 82.4 Å². The van der Waals surface area contributed by atoms with Gasteiger partial charge in [0.05, 0.1) is 35.0 Å². The Kier molecular flexibility index (Phi) is 6.96. The number of aromatic hydroxyl groups is 1. The summed E-state index contributed by atoms with van der Waals surface area (Å²) in [7, 11) is 0. The molecule has 38 heavy (non-hydrogen) atoms. The largest absolute Gasteiger partial charge is 0.507 e. The van der Waals surface area contributed by atoms with Crippen LogP contribution in [0.3, 0.4) is 0 Å². The fraction of sp³-hybridized carbons (Fsp3) is 0.179. The van der Waals surface area contributed by atoms with E-state index in [0.29, 0.717) is 40.6 Å². The highest BCUT2D eigenvalue weighted by molar-refractivity contribution is 7.22. The van der Waals surface area contributed by atoms with E-state index >= 15 is 0 Å². The molecule has 8 nitrogen and oxygen atoms in total. The van der Waals surface area contributed by atoms with Crippen LogP contribution in [0.5, 0.6) is 17.2 Å². The third kappa shape index (κ3) is 4.55. The number of aromatic nitrogens is 1. The summed E-state index contributed by atoms with van der Waals surface area (Å²) in [5, 5.41) is 22.3. The van der Waals surface area contributed by atoms with Crippen LogP contribution >= 0.6 is 22.9 Å². The maximum absolute atomic E-state index is 13.5. The van der Waals surface area contributed by atoms with Crippen LogP contribution in [0, 0.1) is 0 Å². The maximum atomic E-state index is 13.5. The van der Waals surface area contributed by atoms with Gasteiger partial charge in [-0.15, -0.1) is 0 Å². The number of anilines is 1. The third-order valence-corrected chi connectivity index (χ3v) is 7.30. The number of nitrogens with zero attached hydrogens (tertiary/aromatic N) is 2. The van der Waals surface area contributed by atoms with E-state index in [4.69, 9.17) is 21.1 Å². The van der Waals surface area contributed by atoms with Gasteiger partial charge in [0.1, 0.15) is 11.5 Å². The fourth-order valence-corrected chi connectivity index (χ4v) is 5.48. The number of Topliss-reactive ketones (excluding diaryl/α,β-unsaturated/α-hetero) is 1. The van der Waals surface area contributed by atoms with Crippen LogP contribution in [-0.2, 0) is 9.59 Å². The van der Waals surface area contributed by atoms with Gasteiger partial charge < -0.3 is 19.7 Å². The van der Waals surface area contributed by atoms with Crippen molar-refractivity contribution >= 4 is 55.7 Å². The molecule has 0 spiro atoms.